The molecule has 0 aliphatic carbocycles. The molecule has 1 spiro atoms. The molecule has 1 aromatic rings. The topological polar surface area (TPSA) is 38.8 Å². The molecule has 1 amide bonds. The van der Waals surface area contributed by atoms with E-state index in [0.29, 0.717) is 17.5 Å². The van der Waals surface area contributed by atoms with Crippen LogP contribution in [0.4, 0.5) is 5.69 Å². The van der Waals surface area contributed by atoms with Gasteiger partial charge in [-0.1, -0.05) is 18.5 Å². The molecule has 0 saturated carbocycles. The molecule has 1 aromatic carbocycles. The number of hydrogen-bond donors (Lipinski definition) is 0. The largest absolute Gasteiger partial charge is 0.367 e. The predicted octanol–water partition coefficient (Wildman–Crippen LogP) is 4.00. The van der Waals surface area contributed by atoms with Crippen molar-refractivity contribution in [2.45, 2.75) is 44.1 Å². The second kappa shape index (κ2) is 4.76. The van der Waals surface area contributed by atoms with Crippen LogP contribution in [0.2, 0.25) is 5.02 Å². The molecule has 4 aliphatic rings. The molecule has 6 heteroatoms. The molecule has 4 saturated heterocycles. The Morgan fingerprint density at radius 1 is 1.42 bits per heavy atom. The Bertz CT molecular complexity index is 758. The highest BCUT2D eigenvalue weighted by atomic mass is 79.9. The second-order valence-corrected chi connectivity index (χ2v) is 9.06. The Hall–Kier alpha value is -0.620. The van der Waals surface area contributed by atoms with Gasteiger partial charge in [-0.2, -0.15) is 0 Å². The zero-order chi connectivity index (χ0) is 16.9. The fraction of sp³-hybridized carbons (Fsp3) is 0.611. The summed E-state index contributed by atoms with van der Waals surface area (Å²) in [6, 6.07) is 5.61. The van der Waals surface area contributed by atoms with Gasteiger partial charge in [0.05, 0.1) is 28.7 Å². The van der Waals surface area contributed by atoms with Gasteiger partial charge < -0.3 is 9.47 Å². The minimum absolute atomic E-state index is 0.113. The van der Waals surface area contributed by atoms with Crippen LogP contribution in [0.15, 0.2) is 22.7 Å². The van der Waals surface area contributed by atoms with Crippen LogP contribution in [0.1, 0.15) is 26.7 Å². The van der Waals surface area contributed by atoms with Crippen molar-refractivity contribution in [1.82, 2.24) is 0 Å². The van der Waals surface area contributed by atoms with E-state index in [4.69, 9.17) is 21.1 Å². The van der Waals surface area contributed by atoms with Gasteiger partial charge in [0.25, 0.3) is 0 Å². The summed E-state index contributed by atoms with van der Waals surface area (Å²) in [6.07, 6.45) is 1.59. The Balaban J connectivity index is 1.63. The maximum absolute atomic E-state index is 13.3. The summed E-state index contributed by atoms with van der Waals surface area (Å²) in [4.78, 5) is 15.2. The molecule has 5 rings (SSSR count). The molecule has 6 atom stereocenters. The van der Waals surface area contributed by atoms with Gasteiger partial charge in [-0.15, -0.1) is 0 Å². The Morgan fingerprint density at radius 2 is 2.21 bits per heavy atom. The highest BCUT2D eigenvalue weighted by molar-refractivity contribution is 9.10. The first-order chi connectivity index (χ1) is 11.4. The molecule has 0 radical (unpaired) electrons. The average molecular weight is 413 g/mol. The van der Waals surface area contributed by atoms with E-state index in [-0.39, 0.29) is 35.2 Å². The van der Waals surface area contributed by atoms with Crippen LogP contribution in [0.3, 0.4) is 0 Å². The summed E-state index contributed by atoms with van der Waals surface area (Å²) in [5.74, 6) is 0.577. The Morgan fingerprint density at radius 3 is 2.96 bits per heavy atom. The molecule has 4 nitrogen and oxygen atoms in total. The Labute approximate surface area is 154 Å². The lowest BCUT2D eigenvalue weighted by Crippen LogP contribution is -2.54. The van der Waals surface area contributed by atoms with Crippen LogP contribution in [-0.2, 0) is 14.3 Å². The number of amides is 1. The van der Waals surface area contributed by atoms with Crippen molar-refractivity contribution in [2.24, 2.45) is 17.8 Å². The van der Waals surface area contributed by atoms with Crippen molar-refractivity contribution in [2.75, 3.05) is 11.5 Å². The Kier molecular flexibility index (Phi) is 3.10. The normalized spacial score (nSPS) is 45.8. The van der Waals surface area contributed by atoms with E-state index in [1.165, 1.54) is 0 Å². The summed E-state index contributed by atoms with van der Waals surface area (Å²) in [7, 11) is 0. The number of rotatable bonds is 1. The van der Waals surface area contributed by atoms with Crippen LogP contribution in [-0.4, -0.2) is 29.9 Å². The molecule has 4 heterocycles. The lowest BCUT2D eigenvalue weighted by Gasteiger charge is -2.44. The molecule has 0 aromatic heterocycles. The highest BCUT2D eigenvalue weighted by Crippen LogP contribution is 2.67. The monoisotopic (exact) mass is 411 g/mol. The van der Waals surface area contributed by atoms with Gasteiger partial charge in [-0.05, 0) is 53.4 Å². The number of fused-ring (bicyclic) bond motifs is 2. The minimum Gasteiger partial charge on any atom is -0.367 e. The lowest BCUT2D eigenvalue weighted by molar-refractivity contribution is -0.148. The van der Waals surface area contributed by atoms with Crippen molar-refractivity contribution < 1.29 is 14.3 Å². The molecule has 1 unspecified atom stereocenters. The summed E-state index contributed by atoms with van der Waals surface area (Å²) in [6.45, 7) is 5.00. The summed E-state index contributed by atoms with van der Waals surface area (Å²) < 4.78 is 13.4. The molecule has 4 fully saturated rings. The van der Waals surface area contributed by atoms with E-state index >= 15 is 0 Å². The fourth-order valence-corrected chi connectivity index (χ4v) is 6.24. The number of carbonyl (C=O) groups is 1. The summed E-state index contributed by atoms with van der Waals surface area (Å²) in [5, 5.41) is 0.635. The third-order valence-electron chi connectivity index (χ3n) is 6.58. The SMILES string of the molecule is CC1C[C@]2(C)O[C@]13CCO[C@H]1[C@@H]3[C@@H]2C(=O)N1c1ccc(Cl)c(Br)c1. The standard InChI is InChI=1S/C18H19BrClNO3/c1-9-8-17(2)13-14-16(23-6-5-18(9,14)24-17)21(15(13)22)10-3-4-12(20)11(19)7-10/h3-4,7,9,13-14,16H,5-6,8H2,1-2H3/t9?,13-,14+,16+,17+,18-/m1/s1. The van der Waals surface area contributed by atoms with E-state index in [0.717, 1.165) is 23.0 Å². The number of nitrogens with zero attached hydrogens (tertiary/aromatic N) is 1. The zero-order valence-electron chi connectivity index (χ0n) is 13.6. The maximum Gasteiger partial charge on any atom is 0.235 e. The number of carbonyl (C=O) groups excluding carboxylic acids is 1. The van der Waals surface area contributed by atoms with Crippen molar-refractivity contribution in [3.63, 3.8) is 0 Å². The number of ether oxygens (including phenoxy) is 2. The smallest absolute Gasteiger partial charge is 0.235 e. The first-order valence-corrected chi connectivity index (χ1v) is 9.64. The van der Waals surface area contributed by atoms with Gasteiger partial charge in [0.1, 0.15) is 6.23 Å². The molecule has 128 valence electrons. The lowest BCUT2D eigenvalue weighted by atomic mass is 9.62. The highest BCUT2D eigenvalue weighted by Gasteiger charge is 2.77. The van der Waals surface area contributed by atoms with Gasteiger partial charge in [0.2, 0.25) is 5.91 Å². The third kappa shape index (κ3) is 1.70. The number of benzene rings is 1. The number of hydrogen-bond acceptors (Lipinski definition) is 3. The van der Waals surface area contributed by atoms with E-state index in [1.54, 1.807) is 0 Å². The quantitative estimate of drug-likeness (QED) is 0.700. The third-order valence-corrected chi connectivity index (χ3v) is 7.79. The maximum atomic E-state index is 13.3. The number of halogens is 2. The molecular weight excluding hydrogens is 394 g/mol. The predicted molar refractivity (Wildman–Crippen MR) is 94.0 cm³/mol. The first-order valence-electron chi connectivity index (χ1n) is 8.47. The van der Waals surface area contributed by atoms with Crippen molar-refractivity contribution in [3.05, 3.63) is 27.7 Å². The molecule has 24 heavy (non-hydrogen) atoms. The van der Waals surface area contributed by atoms with E-state index in [2.05, 4.69) is 29.8 Å². The van der Waals surface area contributed by atoms with Gasteiger partial charge >= 0.3 is 0 Å². The van der Waals surface area contributed by atoms with E-state index in [9.17, 15) is 4.79 Å². The van der Waals surface area contributed by atoms with Crippen molar-refractivity contribution in [1.29, 1.82) is 0 Å². The van der Waals surface area contributed by atoms with Gasteiger partial charge in [-0.3, -0.25) is 9.69 Å². The fourth-order valence-electron chi connectivity index (χ4n) is 5.75. The van der Waals surface area contributed by atoms with Crippen LogP contribution in [0, 0.1) is 17.8 Å². The molecule has 2 bridgehead atoms. The van der Waals surface area contributed by atoms with Crippen LogP contribution < -0.4 is 4.90 Å². The second-order valence-electron chi connectivity index (χ2n) is 7.80. The molecule has 4 aliphatic heterocycles. The summed E-state index contributed by atoms with van der Waals surface area (Å²) in [5.41, 5.74) is 0.255. The van der Waals surface area contributed by atoms with Crippen LogP contribution in [0.25, 0.3) is 0 Å². The zero-order valence-corrected chi connectivity index (χ0v) is 15.9. The van der Waals surface area contributed by atoms with Gasteiger partial charge in [0.15, 0.2) is 0 Å². The van der Waals surface area contributed by atoms with Crippen molar-refractivity contribution in [3.8, 4) is 0 Å². The molecule has 0 N–H and O–H groups in total. The first kappa shape index (κ1) is 15.6. The van der Waals surface area contributed by atoms with Gasteiger partial charge in [0, 0.05) is 22.5 Å². The summed E-state index contributed by atoms with van der Waals surface area (Å²) >= 11 is 9.58. The van der Waals surface area contributed by atoms with Gasteiger partial charge in [-0.25, -0.2) is 0 Å². The van der Waals surface area contributed by atoms with Crippen LogP contribution >= 0.6 is 27.5 Å². The van der Waals surface area contributed by atoms with E-state index in [1.807, 2.05) is 23.1 Å². The van der Waals surface area contributed by atoms with E-state index < -0.39 is 0 Å². The van der Waals surface area contributed by atoms with Crippen LogP contribution in [0.5, 0.6) is 0 Å². The van der Waals surface area contributed by atoms with Crippen molar-refractivity contribution >= 4 is 39.1 Å². The number of anilines is 1. The molecular formula is C18H19BrClNO3. The average Bonchev–Trinajstić information content (AvgIpc) is 3.07. The minimum atomic E-state index is -0.370.